The maximum absolute atomic E-state index is 11.4. The Balaban J connectivity index is 1.68. The Morgan fingerprint density at radius 2 is 2.21 bits per heavy atom. The molecule has 2 rings (SSSR count). The molecule has 0 spiro atoms. The second-order valence-corrected chi connectivity index (χ2v) is 4.61. The molecule has 1 aromatic heterocycles. The summed E-state index contributed by atoms with van der Waals surface area (Å²) in [6.07, 6.45) is 4.80. The molecule has 6 heteroatoms. The van der Waals surface area contributed by atoms with Gasteiger partial charge in [0.15, 0.2) is 0 Å². The first-order chi connectivity index (χ1) is 9.15. The van der Waals surface area contributed by atoms with Gasteiger partial charge in [0.05, 0.1) is 5.56 Å². The van der Waals surface area contributed by atoms with Crippen LogP contribution >= 0.6 is 0 Å². The highest BCUT2D eigenvalue weighted by atomic mass is 16.4. The van der Waals surface area contributed by atoms with Gasteiger partial charge in [-0.3, -0.25) is 4.79 Å². The predicted molar refractivity (Wildman–Crippen MR) is 70.1 cm³/mol. The van der Waals surface area contributed by atoms with Crippen LogP contribution < -0.4 is 10.6 Å². The van der Waals surface area contributed by atoms with Gasteiger partial charge >= 0.3 is 5.97 Å². The van der Waals surface area contributed by atoms with E-state index in [4.69, 9.17) is 5.11 Å². The van der Waals surface area contributed by atoms with Gasteiger partial charge < -0.3 is 15.7 Å². The highest BCUT2D eigenvalue weighted by Crippen LogP contribution is 2.18. The number of anilines is 1. The number of aromatic carboxylic acids is 1. The van der Waals surface area contributed by atoms with Gasteiger partial charge in [0.2, 0.25) is 5.91 Å². The van der Waals surface area contributed by atoms with Crippen LogP contribution in [0.25, 0.3) is 0 Å². The van der Waals surface area contributed by atoms with Crippen molar-refractivity contribution >= 4 is 17.7 Å². The lowest BCUT2D eigenvalue weighted by Crippen LogP contribution is -2.25. The molecule has 0 radical (unpaired) electrons. The minimum atomic E-state index is -0.978. The molecule has 1 aromatic rings. The van der Waals surface area contributed by atoms with Crippen molar-refractivity contribution in [3.8, 4) is 0 Å². The summed E-state index contributed by atoms with van der Waals surface area (Å²) in [7, 11) is 0. The average Bonchev–Trinajstić information content (AvgIpc) is 3.19. The Labute approximate surface area is 111 Å². The van der Waals surface area contributed by atoms with Crippen LogP contribution in [-0.4, -0.2) is 34.6 Å². The number of carbonyl (C=O) groups excluding carboxylic acids is 1. The monoisotopic (exact) mass is 263 g/mol. The number of rotatable bonds is 7. The Morgan fingerprint density at radius 1 is 1.42 bits per heavy atom. The number of carboxylic acid groups (broad SMARTS) is 1. The lowest BCUT2D eigenvalue weighted by molar-refractivity contribution is -0.121. The molecule has 0 aliphatic heterocycles. The number of carbonyl (C=O) groups is 2. The number of nitrogens with one attached hydrogen (secondary N) is 2. The molecule has 1 aliphatic carbocycles. The smallest absolute Gasteiger partial charge is 0.335 e. The zero-order valence-electron chi connectivity index (χ0n) is 10.6. The molecule has 0 bridgehead atoms. The Morgan fingerprint density at radius 3 is 2.89 bits per heavy atom. The van der Waals surface area contributed by atoms with Crippen LogP contribution in [0.5, 0.6) is 0 Å². The van der Waals surface area contributed by atoms with Crippen molar-refractivity contribution in [1.82, 2.24) is 10.3 Å². The molecule has 1 saturated carbocycles. The number of aromatic nitrogens is 1. The third-order valence-corrected chi connectivity index (χ3v) is 2.84. The first-order valence-electron chi connectivity index (χ1n) is 6.38. The number of hydrogen-bond donors (Lipinski definition) is 3. The fourth-order valence-corrected chi connectivity index (χ4v) is 1.65. The van der Waals surface area contributed by atoms with Crippen LogP contribution in [0.1, 0.15) is 36.0 Å². The van der Waals surface area contributed by atoms with E-state index in [1.807, 2.05) is 0 Å². The van der Waals surface area contributed by atoms with E-state index in [0.29, 0.717) is 31.2 Å². The van der Waals surface area contributed by atoms with E-state index < -0.39 is 5.97 Å². The molecular weight excluding hydrogens is 246 g/mol. The van der Waals surface area contributed by atoms with Crippen LogP contribution in [0.4, 0.5) is 5.82 Å². The Kier molecular flexibility index (Phi) is 4.33. The van der Waals surface area contributed by atoms with Gasteiger partial charge in [-0.25, -0.2) is 9.78 Å². The second kappa shape index (κ2) is 6.17. The van der Waals surface area contributed by atoms with Gasteiger partial charge in [-0.1, -0.05) is 0 Å². The van der Waals surface area contributed by atoms with E-state index in [1.54, 1.807) is 0 Å². The van der Waals surface area contributed by atoms with Crippen molar-refractivity contribution in [3.63, 3.8) is 0 Å². The molecule has 0 unspecified atom stereocenters. The van der Waals surface area contributed by atoms with E-state index in [0.717, 1.165) is 12.8 Å². The zero-order valence-corrected chi connectivity index (χ0v) is 10.6. The third-order valence-electron chi connectivity index (χ3n) is 2.84. The fourth-order valence-electron chi connectivity index (χ4n) is 1.65. The second-order valence-electron chi connectivity index (χ2n) is 4.61. The van der Waals surface area contributed by atoms with Crippen molar-refractivity contribution < 1.29 is 14.7 Å². The van der Waals surface area contributed by atoms with Crippen LogP contribution in [0.3, 0.4) is 0 Å². The van der Waals surface area contributed by atoms with E-state index >= 15 is 0 Å². The lowest BCUT2D eigenvalue weighted by atomic mass is 10.2. The summed E-state index contributed by atoms with van der Waals surface area (Å²) in [5, 5.41) is 14.8. The fraction of sp³-hybridized carbons (Fsp3) is 0.462. The summed E-state index contributed by atoms with van der Waals surface area (Å²) in [5.41, 5.74) is 0.198. The van der Waals surface area contributed by atoms with E-state index in [9.17, 15) is 9.59 Å². The van der Waals surface area contributed by atoms with E-state index in [-0.39, 0.29) is 11.5 Å². The molecule has 3 N–H and O–H groups in total. The van der Waals surface area contributed by atoms with Crippen molar-refractivity contribution in [3.05, 3.63) is 23.9 Å². The molecule has 102 valence electrons. The predicted octanol–water partition coefficient (Wildman–Crippen LogP) is 1.25. The third kappa shape index (κ3) is 4.57. The highest BCUT2D eigenvalue weighted by molar-refractivity contribution is 5.88. The normalized spacial score (nSPS) is 13.9. The largest absolute Gasteiger partial charge is 0.478 e. The van der Waals surface area contributed by atoms with Crippen molar-refractivity contribution in [2.75, 3.05) is 11.9 Å². The number of hydrogen-bond acceptors (Lipinski definition) is 4. The number of nitrogens with zero attached hydrogens (tertiary/aromatic N) is 1. The van der Waals surface area contributed by atoms with Gasteiger partial charge in [-0.05, 0) is 31.4 Å². The van der Waals surface area contributed by atoms with Gasteiger partial charge in [-0.15, -0.1) is 0 Å². The summed E-state index contributed by atoms with van der Waals surface area (Å²) in [5.74, 6) is -0.381. The number of amides is 1. The first-order valence-corrected chi connectivity index (χ1v) is 6.38. The standard InChI is InChI=1S/C13H17N3O3/c17-12(16-10-3-4-10)2-1-6-14-11-8-9(13(18)19)5-7-15-11/h5,7-8,10H,1-4,6H2,(H,14,15)(H,16,17)(H,18,19). The summed E-state index contributed by atoms with van der Waals surface area (Å²) in [6, 6.07) is 3.32. The Bertz CT molecular complexity index is 472. The topological polar surface area (TPSA) is 91.3 Å². The molecular formula is C13H17N3O3. The maximum atomic E-state index is 11.4. The molecule has 1 heterocycles. The summed E-state index contributed by atoms with van der Waals surface area (Å²) in [4.78, 5) is 26.2. The quantitative estimate of drug-likeness (QED) is 0.644. The van der Waals surface area contributed by atoms with Crippen LogP contribution in [0.2, 0.25) is 0 Å². The van der Waals surface area contributed by atoms with Gasteiger partial charge in [0, 0.05) is 25.2 Å². The van der Waals surface area contributed by atoms with Gasteiger partial charge in [0.1, 0.15) is 5.82 Å². The van der Waals surface area contributed by atoms with Crippen LogP contribution in [0, 0.1) is 0 Å². The van der Waals surface area contributed by atoms with Crippen LogP contribution in [-0.2, 0) is 4.79 Å². The highest BCUT2D eigenvalue weighted by Gasteiger charge is 2.22. The molecule has 0 aromatic carbocycles. The van der Waals surface area contributed by atoms with Gasteiger partial charge in [-0.2, -0.15) is 0 Å². The molecule has 19 heavy (non-hydrogen) atoms. The lowest BCUT2D eigenvalue weighted by Gasteiger charge is -2.06. The number of pyridine rings is 1. The van der Waals surface area contributed by atoms with Crippen molar-refractivity contribution in [2.45, 2.75) is 31.7 Å². The SMILES string of the molecule is O=C(CCCNc1cc(C(=O)O)ccn1)NC1CC1. The first kappa shape index (κ1) is 13.3. The maximum Gasteiger partial charge on any atom is 0.335 e. The summed E-state index contributed by atoms with van der Waals surface area (Å²) >= 11 is 0. The molecule has 1 fully saturated rings. The molecule has 6 nitrogen and oxygen atoms in total. The average molecular weight is 263 g/mol. The minimum Gasteiger partial charge on any atom is -0.478 e. The van der Waals surface area contributed by atoms with Gasteiger partial charge in [0.25, 0.3) is 0 Å². The van der Waals surface area contributed by atoms with Crippen molar-refractivity contribution in [1.29, 1.82) is 0 Å². The van der Waals surface area contributed by atoms with Crippen LogP contribution in [0.15, 0.2) is 18.3 Å². The summed E-state index contributed by atoms with van der Waals surface area (Å²) < 4.78 is 0. The molecule has 1 aliphatic rings. The van der Waals surface area contributed by atoms with E-state index in [1.165, 1.54) is 18.3 Å². The zero-order chi connectivity index (χ0) is 13.7. The molecule has 1 amide bonds. The molecule has 0 atom stereocenters. The molecule has 0 saturated heterocycles. The van der Waals surface area contributed by atoms with E-state index in [2.05, 4.69) is 15.6 Å². The number of carboxylic acids is 1. The van der Waals surface area contributed by atoms with Crippen molar-refractivity contribution in [2.24, 2.45) is 0 Å². The minimum absolute atomic E-state index is 0.0801. The summed E-state index contributed by atoms with van der Waals surface area (Å²) in [6.45, 7) is 0.591. The Hall–Kier alpha value is -2.11.